The zero-order valence-corrected chi connectivity index (χ0v) is 25.6. The third-order valence-electron chi connectivity index (χ3n) is 6.68. The summed E-state index contributed by atoms with van der Waals surface area (Å²) in [6.07, 6.45) is 0.646. The Balaban J connectivity index is 1.24. The molecule has 0 aliphatic carbocycles. The lowest BCUT2D eigenvalue weighted by Gasteiger charge is -2.22. The van der Waals surface area contributed by atoms with Crippen LogP contribution in [0.4, 0.5) is 0 Å². The van der Waals surface area contributed by atoms with Crippen molar-refractivity contribution in [2.45, 2.75) is 31.1 Å². The van der Waals surface area contributed by atoms with Gasteiger partial charge in [-0.25, -0.2) is 5.01 Å². The lowest BCUT2D eigenvalue weighted by atomic mass is 10.00. The van der Waals surface area contributed by atoms with Crippen molar-refractivity contribution in [3.63, 3.8) is 0 Å². The summed E-state index contributed by atoms with van der Waals surface area (Å²) in [4.78, 5) is 28.0. The Morgan fingerprint density at radius 1 is 1.02 bits per heavy atom. The van der Waals surface area contributed by atoms with Gasteiger partial charge in [0, 0.05) is 11.4 Å². The quantitative estimate of drug-likeness (QED) is 0.181. The molecular weight excluding hydrogens is 608 g/mol. The lowest BCUT2D eigenvalue weighted by Crippen LogP contribution is -2.28. The zero-order chi connectivity index (χ0) is 29.1. The molecule has 12 heteroatoms. The van der Waals surface area contributed by atoms with Crippen molar-refractivity contribution in [2.24, 2.45) is 5.10 Å². The van der Waals surface area contributed by atoms with Crippen LogP contribution in [-0.4, -0.2) is 43.1 Å². The monoisotopic (exact) mass is 632 g/mol. The number of hydrogen-bond donors (Lipinski definition) is 1. The number of thioether (sulfide) groups is 1. The first-order chi connectivity index (χ1) is 20.5. The second-order valence-electron chi connectivity index (χ2n) is 9.56. The SMILES string of the molecule is Cc1ccc([C@H]2CC(c3cccs3)=NN2C(=O)CSc2nnc(CNC(=O)c3cccs3)n2-c2cccc(Cl)c2)cc1. The van der Waals surface area contributed by atoms with Gasteiger partial charge < -0.3 is 5.32 Å². The minimum atomic E-state index is -0.190. The molecule has 1 aliphatic rings. The molecule has 0 spiro atoms. The van der Waals surface area contributed by atoms with Crippen LogP contribution in [0.2, 0.25) is 5.02 Å². The van der Waals surface area contributed by atoms with Crippen LogP contribution in [0.3, 0.4) is 0 Å². The van der Waals surface area contributed by atoms with Gasteiger partial charge in [-0.3, -0.25) is 14.2 Å². The van der Waals surface area contributed by atoms with E-state index in [4.69, 9.17) is 16.7 Å². The Morgan fingerprint density at radius 2 is 1.83 bits per heavy atom. The number of benzene rings is 2. The third kappa shape index (κ3) is 6.19. The van der Waals surface area contributed by atoms with Crippen LogP contribution in [0.5, 0.6) is 0 Å². The number of hydrazone groups is 1. The first-order valence-electron chi connectivity index (χ1n) is 13.1. The number of aromatic nitrogens is 3. The van der Waals surface area contributed by atoms with Gasteiger partial charge in [0.2, 0.25) is 0 Å². The highest BCUT2D eigenvalue weighted by molar-refractivity contribution is 7.99. The van der Waals surface area contributed by atoms with Crippen LogP contribution in [0.1, 0.15) is 44.0 Å². The normalized spacial score (nSPS) is 14.7. The van der Waals surface area contributed by atoms with E-state index in [9.17, 15) is 9.59 Å². The molecule has 0 saturated carbocycles. The van der Waals surface area contributed by atoms with E-state index in [-0.39, 0.29) is 30.2 Å². The van der Waals surface area contributed by atoms with Gasteiger partial charge in [-0.15, -0.1) is 32.9 Å². The van der Waals surface area contributed by atoms with Gasteiger partial charge in [0.15, 0.2) is 11.0 Å². The number of aryl methyl sites for hydroxylation is 1. The van der Waals surface area contributed by atoms with E-state index in [1.165, 1.54) is 23.1 Å². The Bertz CT molecular complexity index is 1730. The maximum atomic E-state index is 13.7. The molecule has 8 nitrogen and oxygen atoms in total. The van der Waals surface area contributed by atoms with Crippen molar-refractivity contribution in [2.75, 3.05) is 5.75 Å². The third-order valence-corrected chi connectivity index (χ3v) is 9.61. The molecular formula is C30H25ClN6O2S3. The maximum absolute atomic E-state index is 13.7. The second-order valence-corrected chi connectivity index (χ2v) is 12.8. The van der Waals surface area contributed by atoms with E-state index < -0.39 is 0 Å². The molecule has 4 heterocycles. The first-order valence-corrected chi connectivity index (χ1v) is 16.2. The molecule has 1 N–H and O–H groups in total. The number of nitrogens with one attached hydrogen (secondary N) is 1. The van der Waals surface area contributed by atoms with Gasteiger partial charge in [0.1, 0.15) is 0 Å². The fraction of sp³-hybridized carbons (Fsp3) is 0.167. The molecule has 42 heavy (non-hydrogen) atoms. The molecule has 1 aliphatic heterocycles. The summed E-state index contributed by atoms with van der Waals surface area (Å²) in [5.74, 6) is 0.300. The number of carbonyl (C=O) groups excluding carboxylic acids is 2. The van der Waals surface area contributed by atoms with Gasteiger partial charge in [-0.1, -0.05) is 71.4 Å². The molecule has 0 unspecified atom stereocenters. The van der Waals surface area contributed by atoms with Crippen LogP contribution in [-0.2, 0) is 11.3 Å². The van der Waals surface area contributed by atoms with Gasteiger partial charge in [0.25, 0.3) is 11.8 Å². The van der Waals surface area contributed by atoms with Crippen molar-refractivity contribution in [3.05, 3.63) is 115 Å². The topological polar surface area (TPSA) is 92.5 Å². The van der Waals surface area contributed by atoms with Crippen LogP contribution in [0, 0.1) is 6.92 Å². The van der Waals surface area contributed by atoms with E-state index in [0.29, 0.717) is 27.3 Å². The van der Waals surface area contributed by atoms with Crippen LogP contribution >= 0.6 is 46.0 Å². The van der Waals surface area contributed by atoms with E-state index in [2.05, 4.69) is 39.8 Å². The van der Waals surface area contributed by atoms with Gasteiger partial charge >= 0.3 is 0 Å². The predicted molar refractivity (Wildman–Crippen MR) is 169 cm³/mol. The number of hydrogen-bond acceptors (Lipinski definition) is 8. The zero-order valence-electron chi connectivity index (χ0n) is 22.4. The summed E-state index contributed by atoms with van der Waals surface area (Å²) in [5.41, 5.74) is 3.84. The Hall–Kier alpha value is -3.77. The molecule has 2 aromatic carbocycles. The van der Waals surface area contributed by atoms with Crippen LogP contribution in [0.25, 0.3) is 5.69 Å². The standard InChI is InChI=1S/C30H25ClN6O2S3/c1-19-9-11-20(12-10-19)24-16-23(25-7-3-13-40-25)35-37(24)28(38)18-42-30-34-33-27(17-32-29(39)26-8-4-14-41-26)36(30)22-6-2-5-21(31)15-22/h2-15,24H,16-18H2,1H3,(H,32,39)/t24-/m1/s1. The fourth-order valence-electron chi connectivity index (χ4n) is 4.61. The Morgan fingerprint density at radius 3 is 2.57 bits per heavy atom. The molecule has 6 rings (SSSR count). The Kier molecular flexibility index (Phi) is 8.52. The van der Waals surface area contributed by atoms with Crippen molar-refractivity contribution in [3.8, 4) is 5.69 Å². The van der Waals surface area contributed by atoms with Crippen LogP contribution < -0.4 is 5.32 Å². The maximum Gasteiger partial charge on any atom is 0.261 e. The molecule has 212 valence electrons. The first kappa shape index (κ1) is 28.4. The summed E-state index contributed by atoms with van der Waals surface area (Å²) in [6.45, 7) is 2.20. The second kappa shape index (κ2) is 12.6. The molecule has 3 aromatic heterocycles. The largest absolute Gasteiger partial charge is 0.344 e. The van der Waals surface area contributed by atoms with Gasteiger partial charge in [-0.05, 0) is 53.6 Å². The predicted octanol–water partition coefficient (Wildman–Crippen LogP) is 6.75. The van der Waals surface area contributed by atoms with Crippen molar-refractivity contribution < 1.29 is 9.59 Å². The molecule has 2 amide bonds. The molecule has 0 saturated heterocycles. The average Bonchev–Trinajstić information content (AvgIpc) is 3.81. The van der Waals surface area contributed by atoms with Crippen LogP contribution in [0.15, 0.2) is 93.8 Å². The van der Waals surface area contributed by atoms with E-state index in [1.807, 2.05) is 52.6 Å². The number of thiophene rings is 2. The minimum Gasteiger partial charge on any atom is -0.344 e. The smallest absolute Gasteiger partial charge is 0.261 e. The van der Waals surface area contributed by atoms with Gasteiger partial charge in [0.05, 0.1) is 39.5 Å². The number of nitrogens with zero attached hydrogens (tertiary/aromatic N) is 5. The molecule has 0 bridgehead atoms. The number of carbonyl (C=O) groups is 2. The summed E-state index contributed by atoms with van der Waals surface area (Å²) < 4.78 is 1.82. The summed E-state index contributed by atoms with van der Waals surface area (Å²) in [5, 5.41) is 23.0. The van der Waals surface area contributed by atoms with E-state index >= 15 is 0 Å². The number of halogens is 1. The number of amides is 2. The van der Waals surface area contributed by atoms with Crippen molar-refractivity contribution in [1.29, 1.82) is 0 Å². The van der Waals surface area contributed by atoms with E-state index in [0.717, 1.165) is 27.4 Å². The summed E-state index contributed by atoms with van der Waals surface area (Å²) >= 11 is 10.6. The minimum absolute atomic E-state index is 0.101. The highest BCUT2D eigenvalue weighted by Gasteiger charge is 2.33. The highest BCUT2D eigenvalue weighted by Crippen LogP contribution is 2.35. The fourth-order valence-corrected chi connectivity index (χ4v) is 6.98. The average molecular weight is 633 g/mol. The number of rotatable bonds is 9. The molecule has 5 aromatic rings. The lowest BCUT2D eigenvalue weighted by molar-refractivity contribution is -0.130. The van der Waals surface area contributed by atoms with Crippen molar-refractivity contribution >= 4 is 63.6 Å². The molecule has 1 atom stereocenters. The summed E-state index contributed by atoms with van der Waals surface area (Å²) in [6, 6.07) is 23.0. The van der Waals surface area contributed by atoms with E-state index in [1.54, 1.807) is 34.5 Å². The van der Waals surface area contributed by atoms with Crippen molar-refractivity contribution in [1.82, 2.24) is 25.1 Å². The molecule has 0 fully saturated rings. The Labute approximate surface area is 260 Å². The van der Waals surface area contributed by atoms with Gasteiger partial charge in [-0.2, -0.15) is 5.10 Å². The summed E-state index contributed by atoms with van der Waals surface area (Å²) in [7, 11) is 0. The highest BCUT2D eigenvalue weighted by atomic mass is 35.5. The molecule has 0 radical (unpaired) electrons.